The van der Waals surface area contributed by atoms with Gasteiger partial charge in [-0.15, -0.1) is 11.3 Å². The second kappa shape index (κ2) is 8.54. The zero-order valence-electron chi connectivity index (χ0n) is 17.2. The van der Waals surface area contributed by atoms with Gasteiger partial charge in [0.15, 0.2) is 0 Å². The molecule has 1 aliphatic heterocycles. The number of aromatic nitrogens is 2. The third-order valence-electron chi connectivity index (χ3n) is 5.92. The van der Waals surface area contributed by atoms with Crippen molar-refractivity contribution in [2.45, 2.75) is 19.4 Å². The smallest absolute Gasteiger partial charge is 0.140 e. The number of nitrogens with zero attached hydrogens (tertiary/aromatic N) is 4. The summed E-state index contributed by atoms with van der Waals surface area (Å²) in [5.41, 5.74) is 2.71. The summed E-state index contributed by atoms with van der Waals surface area (Å²) >= 11 is 1.79. The number of thiophene rings is 1. The summed E-state index contributed by atoms with van der Waals surface area (Å²) in [4.78, 5) is 16.7. The highest BCUT2D eigenvalue weighted by atomic mass is 32.1. The van der Waals surface area contributed by atoms with Crippen LogP contribution >= 0.6 is 11.3 Å². The minimum absolute atomic E-state index is 0.285. The third kappa shape index (κ3) is 3.71. The van der Waals surface area contributed by atoms with E-state index in [-0.39, 0.29) is 6.04 Å². The molecule has 2 aromatic carbocycles. The lowest BCUT2D eigenvalue weighted by Gasteiger charge is -2.40. The van der Waals surface area contributed by atoms with Crippen molar-refractivity contribution in [2.24, 2.45) is 0 Å². The molecule has 5 rings (SSSR count). The Labute approximate surface area is 181 Å². The first-order valence-electron chi connectivity index (χ1n) is 10.7. The Morgan fingerprint density at radius 1 is 0.867 bits per heavy atom. The van der Waals surface area contributed by atoms with Crippen molar-refractivity contribution in [1.82, 2.24) is 14.9 Å². The lowest BCUT2D eigenvalue weighted by molar-refractivity contribution is 0.212. The Bertz CT molecular complexity index is 1060. The van der Waals surface area contributed by atoms with Crippen molar-refractivity contribution < 1.29 is 0 Å². The second-order valence-corrected chi connectivity index (χ2v) is 8.84. The Kier molecular flexibility index (Phi) is 5.47. The molecule has 0 amide bonds. The van der Waals surface area contributed by atoms with Crippen LogP contribution in [0.1, 0.15) is 29.0 Å². The molecule has 0 aliphatic carbocycles. The Morgan fingerprint density at radius 3 is 2.10 bits per heavy atom. The summed E-state index contributed by atoms with van der Waals surface area (Å²) in [6.45, 7) is 6.15. The van der Waals surface area contributed by atoms with Crippen molar-refractivity contribution in [3.05, 3.63) is 89.1 Å². The van der Waals surface area contributed by atoms with Crippen molar-refractivity contribution >= 4 is 27.4 Å². The summed E-state index contributed by atoms with van der Waals surface area (Å²) in [7, 11) is 0. The quantitative estimate of drug-likeness (QED) is 0.451. The highest BCUT2D eigenvalue weighted by Gasteiger charge is 2.27. The van der Waals surface area contributed by atoms with E-state index in [1.54, 1.807) is 17.7 Å². The van der Waals surface area contributed by atoms with Crippen molar-refractivity contribution in [1.29, 1.82) is 0 Å². The predicted octanol–water partition coefficient (Wildman–Crippen LogP) is 5.17. The molecule has 0 atom stereocenters. The minimum Gasteiger partial charge on any atom is -0.353 e. The normalized spacial score (nSPS) is 15.2. The molecule has 0 bridgehead atoms. The van der Waals surface area contributed by atoms with Gasteiger partial charge in [0.05, 0.1) is 11.4 Å². The van der Waals surface area contributed by atoms with E-state index in [0.29, 0.717) is 0 Å². The number of piperazine rings is 1. The van der Waals surface area contributed by atoms with E-state index in [1.165, 1.54) is 21.4 Å². The molecule has 1 aliphatic rings. The molecule has 5 heteroatoms. The summed E-state index contributed by atoms with van der Waals surface area (Å²) in [5, 5.41) is 1.20. The van der Waals surface area contributed by atoms with E-state index in [1.807, 2.05) is 0 Å². The van der Waals surface area contributed by atoms with E-state index < -0.39 is 0 Å². The van der Waals surface area contributed by atoms with Crippen LogP contribution in [0.3, 0.4) is 0 Å². The van der Waals surface area contributed by atoms with E-state index in [4.69, 9.17) is 0 Å². The van der Waals surface area contributed by atoms with Gasteiger partial charge in [-0.05, 0) is 23.6 Å². The van der Waals surface area contributed by atoms with Crippen molar-refractivity contribution in [3.8, 4) is 0 Å². The van der Waals surface area contributed by atoms with Crippen LogP contribution in [-0.2, 0) is 6.42 Å². The number of aryl methyl sites for hydroxylation is 1. The molecule has 0 spiro atoms. The molecule has 0 N–H and O–H groups in total. The average Bonchev–Trinajstić information content (AvgIpc) is 3.25. The highest BCUT2D eigenvalue weighted by Crippen LogP contribution is 2.33. The highest BCUT2D eigenvalue weighted by molar-refractivity contribution is 7.18. The fourth-order valence-electron chi connectivity index (χ4n) is 4.40. The monoisotopic (exact) mass is 414 g/mol. The standard InChI is InChI=1S/C25H26N4S/c1-2-21-17-22-24(26-18-27-25(22)30-21)29-15-13-28(14-16-29)23(19-9-5-3-6-10-19)20-11-7-4-8-12-20/h3-12,17-18,23H,2,13-16H2,1H3. The number of anilines is 1. The summed E-state index contributed by atoms with van der Waals surface area (Å²) in [6, 6.07) is 24.3. The van der Waals surface area contributed by atoms with Gasteiger partial charge in [0, 0.05) is 31.1 Å². The van der Waals surface area contributed by atoms with Crippen molar-refractivity contribution in [3.63, 3.8) is 0 Å². The van der Waals surface area contributed by atoms with Crippen molar-refractivity contribution in [2.75, 3.05) is 31.1 Å². The summed E-state index contributed by atoms with van der Waals surface area (Å²) in [5.74, 6) is 1.09. The molecule has 2 aromatic heterocycles. The third-order valence-corrected chi connectivity index (χ3v) is 7.10. The zero-order valence-corrected chi connectivity index (χ0v) is 18.1. The number of benzene rings is 2. The van der Waals surface area contributed by atoms with Gasteiger partial charge < -0.3 is 4.90 Å². The topological polar surface area (TPSA) is 32.3 Å². The lowest BCUT2D eigenvalue weighted by atomic mass is 9.96. The number of hydrogen-bond acceptors (Lipinski definition) is 5. The van der Waals surface area contributed by atoms with Gasteiger partial charge >= 0.3 is 0 Å². The van der Waals surface area contributed by atoms with Crippen LogP contribution in [0.25, 0.3) is 10.2 Å². The van der Waals surface area contributed by atoms with Crippen LogP contribution in [0.15, 0.2) is 73.1 Å². The maximum absolute atomic E-state index is 4.67. The van der Waals surface area contributed by atoms with Crippen LogP contribution in [0.5, 0.6) is 0 Å². The number of fused-ring (bicyclic) bond motifs is 1. The Balaban J connectivity index is 1.40. The minimum atomic E-state index is 0.285. The van der Waals surface area contributed by atoms with Crippen LogP contribution in [0.4, 0.5) is 5.82 Å². The van der Waals surface area contributed by atoms with Crippen LogP contribution < -0.4 is 4.90 Å². The first kappa shape index (κ1) is 19.2. The maximum Gasteiger partial charge on any atom is 0.140 e. The maximum atomic E-state index is 4.67. The van der Waals surface area contributed by atoms with E-state index in [9.17, 15) is 0 Å². The molecular weight excluding hydrogens is 388 g/mol. The molecule has 4 nitrogen and oxygen atoms in total. The average molecular weight is 415 g/mol. The zero-order chi connectivity index (χ0) is 20.3. The summed E-state index contributed by atoms with van der Waals surface area (Å²) < 4.78 is 0. The molecule has 1 saturated heterocycles. The van der Waals surface area contributed by atoms with Crippen LogP contribution in [0.2, 0.25) is 0 Å². The van der Waals surface area contributed by atoms with E-state index in [2.05, 4.69) is 93.4 Å². The van der Waals surface area contributed by atoms with Gasteiger partial charge in [0.25, 0.3) is 0 Å². The molecular formula is C25H26N4S. The molecule has 0 saturated carbocycles. The molecule has 30 heavy (non-hydrogen) atoms. The first-order chi connectivity index (χ1) is 14.8. The molecule has 1 fully saturated rings. The van der Waals surface area contributed by atoms with Gasteiger partial charge in [-0.1, -0.05) is 67.6 Å². The largest absolute Gasteiger partial charge is 0.353 e. The number of rotatable bonds is 5. The SMILES string of the molecule is CCc1cc2c(N3CCN(C(c4ccccc4)c4ccccc4)CC3)ncnc2s1. The van der Waals surface area contributed by atoms with Gasteiger partial charge in [0.1, 0.15) is 17.0 Å². The fraction of sp³-hybridized carbons (Fsp3) is 0.280. The van der Waals surface area contributed by atoms with Crippen LogP contribution in [0, 0.1) is 0 Å². The van der Waals surface area contributed by atoms with Gasteiger partial charge in [0.2, 0.25) is 0 Å². The Morgan fingerprint density at radius 2 is 1.50 bits per heavy atom. The van der Waals surface area contributed by atoms with E-state index >= 15 is 0 Å². The van der Waals surface area contributed by atoms with E-state index in [0.717, 1.165) is 43.2 Å². The second-order valence-electron chi connectivity index (χ2n) is 7.73. The predicted molar refractivity (Wildman–Crippen MR) is 125 cm³/mol. The molecule has 152 valence electrons. The molecule has 0 radical (unpaired) electrons. The fourth-order valence-corrected chi connectivity index (χ4v) is 5.33. The Hall–Kier alpha value is -2.76. The molecule has 0 unspecified atom stereocenters. The first-order valence-corrected chi connectivity index (χ1v) is 11.5. The number of hydrogen-bond donors (Lipinski definition) is 0. The van der Waals surface area contributed by atoms with Gasteiger partial charge in [-0.25, -0.2) is 9.97 Å². The van der Waals surface area contributed by atoms with Crippen LogP contribution in [-0.4, -0.2) is 41.0 Å². The summed E-state index contributed by atoms with van der Waals surface area (Å²) in [6.07, 6.45) is 2.76. The van der Waals surface area contributed by atoms with Gasteiger partial charge in [-0.3, -0.25) is 4.90 Å². The van der Waals surface area contributed by atoms with Gasteiger partial charge in [-0.2, -0.15) is 0 Å². The molecule has 3 heterocycles. The lowest BCUT2D eigenvalue weighted by Crippen LogP contribution is -2.48. The molecule has 4 aromatic rings.